The average molecular weight is 567 g/mol. The van der Waals surface area contributed by atoms with Gasteiger partial charge in [-0.15, -0.1) is 0 Å². The van der Waals surface area contributed by atoms with Crippen molar-refractivity contribution >= 4 is 11.9 Å². The standard InChI is InChI=1S/C30H46O6.4CH4/c1-5-21(26(32)35-27(3)22-8-18-7-19(10-22)11-23(27)9-18)6-17(2)25(31)36-28(4)24-12-20-13-29(33,15-24)16-30(28,34)14-20;;;;/h17-24,33-34H,5-16H2,1-4H3;4*1H4. The molecule has 0 heterocycles. The van der Waals surface area contributed by atoms with Crippen molar-refractivity contribution in [1.82, 2.24) is 0 Å². The van der Waals surface area contributed by atoms with Crippen LogP contribution in [-0.4, -0.2) is 44.6 Å². The van der Waals surface area contributed by atoms with Gasteiger partial charge in [-0.25, -0.2) is 0 Å². The van der Waals surface area contributed by atoms with Gasteiger partial charge < -0.3 is 19.7 Å². The molecule has 6 heteroatoms. The number of hydrogen-bond acceptors (Lipinski definition) is 6. The highest BCUT2D eigenvalue weighted by molar-refractivity contribution is 5.76. The van der Waals surface area contributed by atoms with E-state index in [-0.39, 0.29) is 65.5 Å². The molecule has 8 rings (SSSR count). The molecule has 0 radical (unpaired) electrons. The van der Waals surface area contributed by atoms with E-state index in [0.717, 1.165) is 24.7 Å². The molecule has 6 nitrogen and oxygen atoms in total. The molecule has 8 bridgehead atoms. The third kappa shape index (κ3) is 5.27. The monoisotopic (exact) mass is 566 g/mol. The molecule has 40 heavy (non-hydrogen) atoms. The lowest BCUT2D eigenvalue weighted by molar-refractivity contribution is -0.301. The maximum absolute atomic E-state index is 13.4. The van der Waals surface area contributed by atoms with Crippen molar-refractivity contribution in [2.75, 3.05) is 0 Å². The first-order chi connectivity index (χ1) is 16.9. The van der Waals surface area contributed by atoms with Crippen molar-refractivity contribution < 1.29 is 29.3 Å². The Balaban J connectivity index is 0.00000140. The Morgan fingerprint density at radius 3 is 1.82 bits per heavy atom. The number of esters is 2. The Hall–Kier alpha value is -1.14. The maximum Gasteiger partial charge on any atom is 0.309 e. The molecule has 8 aliphatic rings. The fourth-order valence-electron chi connectivity index (χ4n) is 10.2. The summed E-state index contributed by atoms with van der Waals surface area (Å²) in [6, 6.07) is 0. The van der Waals surface area contributed by atoms with Crippen LogP contribution in [0.5, 0.6) is 0 Å². The lowest BCUT2D eigenvalue weighted by atomic mass is 9.46. The molecule has 8 fully saturated rings. The lowest BCUT2D eigenvalue weighted by Crippen LogP contribution is -2.73. The highest BCUT2D eigenvalue weighted by Crippen LogP contribution is 2.63. The molecule has 234 valence electrons. The second kappa shape index (κ2) is 11.5. The highest BCUT2D eigenvalue weighted by Gasteiger charge is 2.69. The Bertz CT molecular complexity index is 903. The number of ether oxygens (including phenoxy) is 2. The normalized spacial score (nSPS) is 46.5. The van der Waals surface area contributed by atoms with E-state index in [2.05, 4.69) is 6.92 Å². The summed E-state index contributed by atoms with van der Waals surface area (Å²) >= 11 is 0. The van der Waals surface area contributed by atoms with Crippen LogP contribution in [-0.2, 0) is 19.1 Å². The van der Waals surface area contributed by atoms with E-state index >= 15 is 0 Å². The zero-order valence-electron chi connectivity index (χ0n) is 22.6. The van der Waals surface area contributed by atoms with Crippen molar-refractivity contribution in [2.24, 2.45) is 47.3 Å². The van der Waals surface area contributed by atoms with E-state index in [9.17, 15) is 19.8 Å². The van der Waals surface area contributed by atoms with Crippen LogP contribution in [0.25, 0.3) is 0 Å². The molecule has 0 aromatic rings. The highest BCUT2D eigenvalue weighted by atomic mass is 16.6. The predicted octanol–water partition coefficient (Wildman–Crippen LogP) is 7.33. The zero-order valence-corrected chi connectivity index (χ0v) is 22.6. The van der Waals surface area contributed by atoms with Crippen LogP contribution < -0.4 is 0 Å². The topological polar surface area (TPSA) is 93.1 Å². The molecule has 0 saturated heterocycles. The van der Waals surface area contributed by atoms with E-state index < -0.39 is 22.7 Å². The smallest absolute Gasteiger partial charge is 0.309 e. The Kier molecular flexibility index (Phi) is 10.1. The van der Waals surface area contributed by atoms with Gasteiger partial charge in [0.1, 0.15) is 16.8 Å². The van der Waals surface area contributed by atoms with E-state index in [1.807, 2.05) is 20.8 Å². The molecule has 0 aliphatic heterocycles. The molecule has 0 aromatic carbocycles. The minimum Gasteiger partial charge on any atom is -0.459 e. The Labute approximate surface area is 245 Å². The summed E-state index contributed by atoms with van der Waals surface area (Å²) in [5.74, 6) is 1.54. The van der Waals surface area contributed by atoms with Crippen molar-refractivity contribution in [3.05, 3.63) is 0 Å². The first kappa shape index (κ1) is 35.1. The predicted molar refractivity (Wildman–Crippen MR) is 160 cm³/mol. The molecular formula is C34H62O6. The molecule has 2 N–H and O–H groups in total. The van der Waals surface area contributed by atoms with Crippen LogP contribution in [0.15, 0.2) is 0 Å². The van der Waals surface area contributed by atoms with Gasteiger partial charge in [0, 0.05) is 12.3 Å². The SMILES string of the molecule is C.C.C.C.CCC(CC(C)C(=O)OC1(C)C2CC3CC(O)(C2)CC1(O)C3)C(=O)OC1(C)C2CC3CC(C2)CC1C3. The van der Waals surface area contributed by atoms with Crippen LogP contribution in [0.2, 0.25) is 0 Å². The molecule has 8 saturated carbocycles. The van der Waals surface area contributed by atoms with E-state index in [4.69, 9.17) is 9.47 Å². The molecule has 8 aliphatic carbocycles. The van der Waals surface area contributed by atoms with Gasteiger partial charge in [-0.2, -0.15) is 0 Å². The van der Waals surface area contributed by atoms with Crippen LogP contribution in [0.1, 0.15) is 134 Å². The number of aliphatic hydroxyl groups is 2. The fraction of sp³-hybridized carbons (Fsp3) is 0.941. The van der Waals surface area contributed by atoms with Crippen molar-refractivity contribution in [3.8, 4) is 0 Å². The first-order valence-electron chi connectivity index (χ1n) is 14.8. The van der Waals surface area contributed by atoms with E-state index in [0.29, 0.717) is 43.4 Å². The van der Waals surface area contributed by atoms with Gasteiger partial charge in [-0.1, -0.05) is 43.6 Å². The summed E-state index contributed by atoms with van der Waals surface area (Å²) in [5, 5.41) is 22.5. The minimum atomic E-state index is -1.18. The van der Waals surface area contributed by atoms with E-state index in [1.54, 1.807) is 0 Å². The summed E-state index contributed by atoms with van der Waals surface area (Å²) < 4.78 is 12.5. The molecule has 0 amide bonds. The van der Waals surface area contributed by atoms with Crippen LogP contribution in [0.4, 0.5) is 0 Å². The van der Waals surface area contributed by atoms with Gasteiger partial charge >= 0.3 is 11.9 Å². The number of rotatable bonds is 7. The summed E-state index contributed by atoms with van der Waals surface area (Å²) in [6.45, 7) is 7.86. The molecule has 0 spiro atoms. The quantitative estimate of drug-likeness (QED) is 0.314. The Morgan fingerprint density at radius 1 is 0.775 bits per heavy atom. The largest absolute Gasteiger partial charge is 0.459 e. The van der Waals surface area contributed by atoms with Gasteiger partial charge in [0.2, 0.25) is 0 Å². The molecule has 7 unspecified atom stereocenters. The maximum atomic E-state index is 13.4. The molecular weight excluding hydrogens is 504 g/mol. The fourth-order valence-corrected chi connectivity index (χ4v) is 10.2. The van der Waals surface area contributed by atoms with Gasteiger partial charge in [0.15, 0.2) is 0 Å². The zero-order chi connectivity index (χ0) is 25.7. The second-order valence-corrected chi connectivity index (χ2v) is 14.5. The van der Waals surface area contributed by atoms with Gasteiger partial charge in [-0.3, -0.25) is 9.59 Å². The molecule has 7 atom stereocenters. The van der Waals surface area contributed by atoms with Crippen molar-refractivity contribution in [2.45, 2.75) is 157 Å². The minimum absolute atomic E-state index is 0. The number of carbonyl (C=O) groups is 2. The molecule has 0 aromatic heterocycles. The van der Waals surface area contributed by atoms with Gasteiger partial charge in [-0.05, 0) is 114 Å². The summed E-state index contributed by atoms with van der Waals surface area (Å²) in [4.78, 5) is 26.8. The lowest BCUT2D eigenvalue weighted by Gasteiger charge is -2.65. The van der Waals surface area contributed by atoms with Crippen LogP contribution in [0, 0.1) is 47.3 Å². The van der Waals surface area contributed by atoms with E-state index in [1.165, 1.54) is 32.1 Å². The second-order valence-electron chi connectivity index (χ2n) is 14.5. The van der Waals surface area contributed by atoms with Crippen LogP contribution in [0.3, 0.4) is 0 Å². The van der Waals surface area contributed by atoms with Gasteiger partial charge in [0.25, 0.3) is 0 Å². The van der Waals surface area contributed by atoms with Crippen molar-refractivity contribution in [1.29, 1.82) is 0 Å². The summed E-state index contributed by atoms with van der Waals surface area (Å²) in [5.41, 5.74) is -3.36. The van der Waals surface area contributed by atoms with Gasteiger partial charge in [0.05, 0.1) is 17.4 Å². The third-order valence-corrected chi connectivity index (χ3v) is 12.1. The first-order valence-corrected chi connectivity index (χ1v) is 14.8. The van der Waals surface area contributed by atoms with Crippen LogP contribution >= 0.6 is 0 Å². The summed E-state index contributed by atoms with van der Waals surface area (Å²) in [6.07, 6.45) is 10.2. The average Bonchev–Trinajstić information content (AvgIpc) is 2.77. The Morgan fingerprint density at radius 2 is 1.32 bits per heavy atom. The third-order valence-electron chi connectivity index (χ3n) is 12.1. The number of hydrogen-bond donors (Lipinski definition) is 2. The van der Waals surface area contributed by atoms with Crippen molar-refractivity contribution in [3.63, 3.8) is 0 Å². The summed E-state index contributed by atoms with van der Waals surface area (Å²) in [7, 11) is 0. The number of carbonyl (C=O) groups excluding carboxylic acids is 2.